The van der Waals surface area contributed by atoms with Crippen molar-refractivity contribution >= 4 is 6.03 Å². The molecule has 4 heteroatoms. The maximum atomic E-state index is 11.3. The standard InChI is InChI=1S/C8H18N2O2/c1-5-10(4)7(12)9-8(2,3)6-11/h11H,5-6H2,1-4H3,(H,9,12). The van der Waals surface area contributed by atoms with Crippen LogP contribution < -0.4 is 5.32 Å². The Morgan fingerprint density at radius 2 is 2.08 bits per heavy atom. The van der Waals surface area contributed by atoms with Gasteiger partial charge in [-0.1, -0.05) is 0 Å². The molecule has 2 amide bonds. The number of carbonyl (C=O) groups excluding carboxylic acids is 1. The van der Waals surface area contributed by atoms with Gasteiger partial charge in [0.05, 0.1) is 12.1 Å². The van der Waals surface area contributed by atoms with Crippen molar-refractivity contribution < 1.29 is 9.90 Å². The fourth-order valence-corrected chi connectivity index (χ4v) is 0.568. The minimum atomic E-state index is -0.541. The summed E-state index contributed by atoms with van der Waals surface area (Å²) in [5.41, 5.74) is -0.541. The largest absolute Gasteiger partial charge is 0.394 e. The lowest BCUT2D eigenvalue weighted by Gasteiger charge is -2.26. The second kappa shape index (κ2) is 4.30. The van der Waals surface area contributed by atoms with E-state index in [0.717, 1.165) is 0 Å². The molecule has 0 saturated carbocycles. The number of carbonyl (C=O) groups is 1. The lowest BCUT2D eigenvalue weighted by atomic mass is 10.1. The third-order valence-corrected chi connectivity index (χ3v) is 1.66. The molecule has 0 aliphatic rings. The number of hydrogen-bond acceptors (Lipinski definition) is 2. The van der Waals surface area contributed by atoms with E-state index >= 15 is 0 Å². The third-order valence-electron chi connectivity index (χ3n) is 1.66. The summed E-state index contributed by atoms with van der Waals surface area (Å²) in [6, 6.07) is -0.156. The van der Waals surface area contributed by atoms with Gasteiger partial charge in [-0.05, 0) is 20.8 Å². The molecule has 0 spiro atoms. The molecule has 0 atom stereocenters. The van der Waals surface area contributed by atoms with E-state index in [1.165, 1.54) is 0 Å². The van der Waals surface area contributed by atoms with Crippen LogP contribution in [-0.2, 0) is 0 Å². The van der Waals surface area contributed by atoms with Crippen LogP contribution in [0, 0.1) is 0 Å². The molecule has 72 valence electrons. The summed E-state index contributed by atoms with van der Waals surface area (Å²) >= 11 is 0. The minimum Gasteiger partial charge on any atom is -0.394 e. The van der Waals surface area contributed by atoms with Crippen molar-refractivity contribution in [3.05, 3.63) is 0 Å². The molecule has 0 saturated heterocycles. The quantitative estimate of drug-likeness (QED) is 0.651. The molecule has 0 rings (SSSR count). The third kappa shape index (κ3) is 3.57. The second-order valence-corrected chi connectivity index (χ2v) is 3.49. The minimum absolute atomic E-state index is 0.0592. The molecule has 0 aromatic carbocycles. The number of nitrogens with zero attached hydrogens (tertiary/aromatic N) is 1. The van der Waals surface area contributed by atoms with Crippen LogP contribution in [0.3, 0.4) is 0 Å². The topological polar surface area (TPSA) is 52.6 Å². The molecule has 0 radical (unpaired) electrons. The molecule has 0 aromatic rings. The molecule has 0 unspecified atom stereocenters. The van der Waals surface area contributed by atoms with Crippen molar-refractivity contribution in [2.45, 2.75) is 26.3 Å². The van der Waals surface area contributed by atoms with E-state index < -0.39 is 5.54 Å². The number of hydrogen-bond donors (Lipinski definition) is 2. The van der Waals surface area contributed by atoms with Crippen molar-refractivity contribution in [1.82, 2.24) is 10.2 Å². The normalized spacial score (nSPS) is 11.1. The Labute approximate surface area is 73.6 Å². The first-order valence-electron chi connectivity index (χ1n) is 4.07. The van der Waals surface area contributed by atoms with Gasteiger partial charge in [0.1, 0.15) is 0 Å². The summed E-state index contributed by atoms with van der Waals surface area (Å²) in [7, 11) is 1.71. The molecule has 2 N–H and O–H groups in total. The predicted molar refractivity (Wildman–Crippen MR) is 48.0 cm³/mol. The lowest BCUT2D eigenvalue weighted by Crippen LogP contribution is -2.50. The molecule has 0 aliphatic carbocycles. The Kier molecular flexibility index (Phi) is 4.03. The highest BCUT2D eigenvalue weighted by molar-refractivity contribution is 5.74. The van der Waals surface area contributed by atoms with Crippen molar-refractivity contribution in [3.8, 4) is 0 Å². The molecule has 0 bridgehead atoms. The molecule has 0 fully saturated rings. The zero-order valence-corrected chi connectivity index (χ0v) is 8.22. The van der Waals surface area contributed by atoms with Crippen LogP contribution in [0.4, 0.5) is 4.79 Å². The van der Waals surface area contributed by atoms with Gasteiger partial charge in [-0.25, -0.2) is 4.79 Å². The average molecular weight is 174 g/mol. The first kappa shape index (κ1) is 11.2. The fourth-order valence-electron chi connectivity index (χ4n) is 0.568. The summed E-state index contributed by atoms with van der Waals surface area (Å²) in [6.07, 6.45) is 0. The first-order valence-corrected chi connectivity index (χ1v) is 4.07. The Bertz CT molecular complexity index is 157. The molecular formula is C8H18N2O2. The Morgan fingerprint density at radius 1 is 1.58 bits per heavy atom. The van der Waals surface area contributed by atoms with Gasteiger partial charge in [0, 0.05) is 13.6 Å². The molecular weight excluding hydrogens is 156 g/mol. The van der Waals surface area contributed by atoms with Crippen LogP contribution in [0.15, 0.2) is 0 Å². The molecule has 4 nitrogen and oxygen atoms in total. The van der Waals surface area contributed by atoms with E-state index in [2.05, 4.69) is 5.32 Å². The number of amides is 2. The maximum Gasteiger partial charge on any atom is 0.317 e. The van der Waals surface area contributed by atoms with Crippen molar-refractivity contribution in [1.29, 1.82) is 0 Å². The highest BCUT2D eigenvalue weighted by Gasteiger charge is 2.20. The lowest BCUT2D eigenvalue weighted by molar-refractivity contribution is 0.166. The van der Waals surface area contributed by atoms with E-state index in [0.29, 0.717) is 6.54 Å². The SMILES string of the molecule is CCN(C)C(=O)NC(C)(C)CO. The summed E-state index contributed by atoms with van der Waals surface area (Å²) in [4.78, 5) is 12.8. The highest BCUT2D eigenvalue weighted by atomic mass is 16.3. The average Bonchev–Trinajstić information content (AvgIpc) is 2.02. The Hall–Kier alpha value is -0.770. The van der Waals surface area contributed by atoms with Gasteiger partial charge in [-0.15, -0.1) is 0 Å². The summed E-state index contributed by atoms with van der Waals surface area (Å²) in [6.45, 7) is 6.04. The van der Waals surface area contributed by atoms with Gasteiger partial charge in [-0.2, -0.15) is 0 Å². The van der Waals surface area contributed by atoms with E-state index in [4.69, 9.17) is 5.11 Å². The van der Waals surface area contributed by atoms with Crippen LogP contribution in [0.5, 0.6) is 0 Å². The first-order chi connectivity index (χ1) is 5.43. The van der Waals surface area contributed by atoms with Crippen LogP contribution in [-0.4, -0.2) is 41.8 Å². The van der Waals surface area contributed by atoms with E-state index in [1.807, 2.05) is 6.92 Å². The Morgan fingerprint density at radius 3 is 2.42 bits per heavy atom. The maximum absolute atomic E-state index is 11.3. The number of aliphatic hydroxyl groups excluding tert-OH is 1. The van der Waals surface area contributed by atoms with E-state index in [9.17, 15) is 4.79 Å². The van der Waals surface area contributed by atoms with Gasteiger partial charge in [0.25, 0.3) is 0 Å². The van der Waals surface area contributed by atoms with Crippen molar-refractivity contribution in [2.24, 2.45) is 0 Å². The van der Waals surface area contributed by atoms with E-state index in [-0.39, 0.29) is 12.6 Å². The number of urea groups is 1. The molecule has 0 heterocycles. The van der Waals surface area contributed by atoms with Gasteiger partial charge >= 0.3 is 6.03 Å². The zero-order chi connectivity index (χ0) is 9.78. The van der Waals surface area contributed by atoms with Crippen LogP contribution in [0.2, 0.25) is 0 Å². The van der Waals surface area contributed by atoms with Crippen LogP contribution in [0.1, 0.15) is 20.8 Å². The van der Waals surface area contributed by atoms with Crippen molar-refractivity contribution in [2.75, 3.05) is 20.2 Å². The predicted octanol–water partition coefficient (Wildman–Crippen LogP) is 0.419. The van der Waals surface area contributed by atoms with Crippen molar-refractivity contribution in [3.63, 3.8) is 0 Å². The smallest absolute Gasteiger partial charge is 0.317 e. The van der Waals surface area contributed by atoms with Gasteiger partial charge in [0.2, 0.25) is 0 Å². The van der Waals surface area contributed by atoms with Crippen LogP contribution >= 0.6 is 0 Å². The molecule has 0 aromatic heterocycles. The zero-order valence-electron chi connectivity index (χ0n) is 8.22. The van der Waals surface area contributed by atoms with Gasteiger partial charge in [-0.3, -0.25) is 0 Å². The monoisotopic (exact) mass is 174 g/mol. The summed E-state index contributed by atoms with van der Waals surface area (Å²) in [5, 5.41) is 11.6. The highest BCUT2D eigenvalue weighted by Crippen LogP contribution is 2.00. The molecule has 12 heavy (non-hydrogen) atoms. The molecule has 0 aliphatic heterocycles. The number of nitrogens with one attached hydrogen (secondary N) is 1. The summed E-state index contributed by atoms with van der Waals surface area (Å²) in [5.74, 6) is 0. The fraction of sp³-hybridized carbons (Fsp3) is 0.875. The summed E-state index contributed by atoms with van der Waals surface area (Å²) < 4.78 is 0. The van der Waals surface area contributed by atoms with E-state index in [1.54, 1.807) is 25.8 Å². The second-order valence-electron chi connectivity index (χ2n) is 3.49. The van der Waals surface area contributed by atoms with Gasteiger partial charge in [0.15, 0.2) is 0 Å². The van der Waals surface area contributed by atoms with Gasteiger partial charge < -0.3 is 15.3 Å². The number of aliphatic hydroxyl groups is 1. The number of rotatable bonds is 3. The Balaban J connectivity index is 4.00. The van der Waals surface area contributed by atoms with Crippen LogP contribution in [0.25, 0.3) is 0 Å².